The van der Waals surface area contributed by atoms with E-state index in [1.165, 1.54) is 11.1 Å². The van der Waals surface area contributed by atoms with Crippen molar-refractivity contribution in [1.29, 1.82) is 0 Å². The molecule has 1 aliphatic carbocycles. The number of para-hydroxylation sites is 1. The van der Waals surface area contributed by atoms with E-state index in [1.807, 2.05) is 42.5 Å². The minimum Gasteiger partial charge on any atom is -0.508 e. The van der Waals surface area contributed by atoms with Crippen molar-refractivity contribution in [3.05, 3.63) is 59.7 Å². The Labute approximate surface area is 120 Å². The van der Waals surface area contributed by atoms with Gasteiger partial charge in [-0.1, -0.05) is 38.1 Å². The van der Waals surface area contributed by atoms with E-state index >= 15 is 0 Å². The van der Waals surface area contributed by atoms with Crippen molar-refractivity contribution in [2.24, 2.45) is 0 Å². The van der Waals surface area contributed by atoms with Crippen LogP contribution in [0.5, 0.6) is 11.5 Å². The molecule has 104 valence electrons. The standard InChI is InChI=1S/C18H20O2/c1-18(2)12-16(20-15-6-4-3-5-7-15)10-13-8-9-14(19)11-17(13)18/h3-9,11,16,19H,10,12H2,1-2H3. The first kappa shape index (κ1) is 13.0. The van der Waals surface area contributed by atoms with E-state index in [0.717, 1.165) is 18.6 Å². The first-order chi connectivity index (χ1) is 9.54. The molecular weight excluding hydrogens is 248 g/mol. The fraction of sp³-hybridized carbons (Fsp3) is 0.333. The van der Waals surface area contributed by atoms with Gasteiger partial charge in [0.1, 0.15) is 17.6 Å². The molecular formula is C18H20O2. The van der Waals surface area contributed by atoms with Gasteiger partial charge in [-0.05, 0) is 47.2 Å². The zero-order valence-corrected chi connectivity index (χ0v) is 12.0. The number of aromatic hydroxyl groups is 1. The zero-order valence-electron chi connectivity index (χ0n) is 12.0. The molecule has 0 radical (unpaired) electrons. The molecule has 0 heterocycles. The maximum Gasteiger partial charge on any atom is 0.119 e. The lowest BCUT2D eigenvalue weighted by atomic mass is 9.71. The van der Waals surface area contributed by atoms with Crippen LogP contribution in [-0.4, -0.2) is 11.2 Å². The van der Waals surface area contributed by atoms with Crippen molar-refractivity contribution in [1.82, 2.24) is 0 Å². The summed E-state index contributed by atoms with van der Waals surface area (Å²) in [6, 6.07) is 15.7. The second-order valence-electron chi connectivity index (χ2n) is 6.19. The summed E-state index contributed by atoms with van der Waals surface area (Å²) in [6.45, 7) is 4.43. The van der Waals surface area contributed by atoms with E-state index in [1.54, 1.807) is 6.07 Å². The van der Waals surface area contributed by atoms with E-state index in [-0.39, 0.29) is 11.5 Å². The van der Waals surface area contributed by atoms with Crippen molar-refractivity contribution in [3.8, 4) is 11.5 Å². The topological polar surface area (TPSA) is 29.5 Å². The Bertz CT molecular complexity index is 602. The SMILES string of the molecule is CC1(C)CC(Oc2ccccc2)Cc2ccc(O)cc21. The van der Waals surface area contributed by atoms with Gasteiger partial charge in [-0.3, -0.25) is 0 Å². The number of fused-ring (bicyclic) bond motifs is 1. The third kappa shape index (κ3) is 2.51. The molecule has 0 saturated heterocycles. The summed E-state index contributed by atoms with van der Waals surface area (Å²) in [5.74, 6) is 1.27. The predicted molar refractivity (Wildman–Crippen MR) is 80.3 cm³/mol. The quantitative estimate of drug-likeness (QED) is 0.890. The molecule has 0 spiro atoms. The fourth-order valence-electron chi connectivity index (χ4n) is 3.14. The van der Waals surface area contributed by atoms with Crippen molar-refractivity contribution in [2.45, 2.75) is 38.2 Å². The van der Waals surface area contributed by atoms with Crippen LogP contribution < -0.4 is 4.74 Å². The van der Waals surface area contributed by atoms with Crippen molar-refractivity contribution in [3.63, 3.8) is 0 Å². The predicted octanol–water partition coefficient (Wildman–Crippen LogP) is 4.06. The van der Waals surface area contributed by atoms with Gasteiger partial charge in [-0.2, -0.15) is 0 Å². The summed E-state index contributed by atoms with van der Waals surface area (Å²) in [6.07, 6.45) is 2.04. The van der Waals surface area contributed by atoms with Crippen LogP contribution in [-0.2, 0) is 11.8 Å². The molecule has 0 fully saturated rings. The van der Waals surface area contributed by atoms with Crippen LogP contribution in [0.2, 0.25) is 0 Å². The maximum absolute atomic E-state index is 9.69. The number of hydrogen-bond acceptors (Lipinski definition) is 2. The van der Waals surface area contributed by atoms with Crippen molar-refractivity contribution in [2.75, 3.05) is 0 Å². The lowest BCUT2D eigenvalue weighted by Crippen LogP contribution is -2.36. The molecule has 2 nitrogen and oxygen atoms in total. The normalized spacial score (nSPS) is 20.2. The summed E-state index contributed by atoms with van der Waals surface area (Å²) in [4.78, 5) is 0. The Balaban J connectivity index is 1.86. The Hall–Kier alpha value is -1.96. The molecule has 0 aromatic heterocycles. The molecule has 0 amide bonds. The van der Waals surface area contributed by atoms with Gasteiger partial charge < -0.3 is 9.84 Å². The smallest absolute Gasteiger partial charge is 0.119 e. The second-order valence-corrected chi connectivity index (χ2v) is 6.19. The zero-order chi connectivity index (χ0) is 14.2. The summed E-state index contributed by atoms with van der Waals surface area (Å²) >= 11 is 0. The number of ether oxygens (including phenoxy) is 1. The molecule has 2 aromatic rings. The molecule has 2 heteroatoms. The molecule has 1 N–H and O–H groups in total. The van der Waals surface area contributed by atoms with Crippen LogP contribution in [0.4, 0.5) is 0 Å². The number of rotatable bonds is 2. The van der Waals surface area contributed by atoms with E-state index in [4.69, 9.17) is 4.74 Å². The van der Waals surface area contributed by atoms with Gasteiger partial charge in [-0.15, -0.1) is 0 Å². The molecule has 0 aliphatic heterocycles. The monoisotopic (exact) mass is 268 g/mol. The van der Waals surface area contributed by atoms with Gasteiger partial charge >= 0.3 is 0 Å². The van der Waals surface area contributed by atoms with Gasteiger partial charge in [0.25, 0.3) is 0 Å². The Morgan fingerprint density at radius 3 is 2.60 bits per heavy atom. The second kappa shape index (κ2) is 4.86. The van der Waals surface area contributed by atoms with Crippen molar-refractivity contribution >= 4 is 0 Å². The first-order valence-corrected chi connectivity index (χ1v) is 7.09. The average molecular weight is 268 g/mol. The highest BCUT2D eigenvalue weighted by Crippen LogP contribution is 2.39. The molecule has 3 rings (SSSR count). The summed E-state index contributed by atoms with van der Waals surface area (Å²) in [5, 5.41) is 9.69. The number of phenols is 1. The van der Waals surface area contributed by atoms with Gasteiger partial charge in [0.05, 0.1) is 0 Å². The van der Waals surface area contributed by atoms with Crippen LogP contribution in [0.3, 0.4) is 0 Å². The van der Waals surface area contributed by atoms with Crippen LogP contribution >= 0.6 is 0 Å². The lowest BCUT2D eigenvalue weighted by Gasteiger charge is -2.37. The first-order valence-electron chi connectivity index (χ1n) is 7.09. The van der Waals surface area contributed by atoms with E-state index < -0.39 is 0 Å². The molecule has 0 saturated carbocycles. The number of phenolic OH excluding ortho intramolecular Hbond substituents is 1. The molecule has 2 aromatic carbocycles. The molecule has 1 unspecified atom stereocenters. The Morgan fingerprint density at radius 1 is 1.10 bits per heavy atom. The van der Waals surface area contributed by atoms with Gasteiger partial charge in [0, 0.05) is 6.42 Å². The Morgan fingerprint density at radius 2 is 1.85 bits per heavy atom. The molecule has 1 atom stereocenters. The van der Waals surface area contributed by atoms with Crippen LogP contribution in [0.1, 0.15) is 31.4 Å². The van der Waals surface area contributed by atoms with Gasteiger partial charge in [0.15, 0.2) is 0 Å². The third-order valence-electron chi connectivity index (χ3n) is 4.05. The summed E-state index contributed by atoms with van der Waals surface area (Å²) < 4.78 is 6.12. The highest BCUT2D eigenvalue weighted by Gasteiger charge is 2.34. The third-order valence-corrected chi connectivity index (χ3v) is 4.05. The highest BCUT2D eigenvalue weighted by atomic mass is 16.5. The molecule has 0 bridgehead atoms. The summed E-state index contributed by atoms with van der Waals surface area (Å²) in [5.41, 5.74) is 2.54. The average Bonchev–Trinajstić information content (AvgIpc) is 2.40. The fourth-order valence-corrected chi connectivity index (χ4v) is 3.14. The van der Waals surface area contributed by atoms with Crippen LogP contribution in [0.25, 0.3) is 0 Å². The summed E-state index contributed by atoms with van der Waals surface area (Å²) in [7, 11) is 0. The van der Waals surface area contributed by atoms with Gasteiger partial charge in [0.2, 0.25) is 0 Å². The largest absolute Gasteiger partial charge is 0.508 e. The molecule has 1 aliphatic rings. The molecule has 20 heavy (non-hydrogen) atoms. The maximum atomic E-state index is 9.69. The van der Waals surface area contributed by atoms with E-state index in [0.29, 0.717) is 5.75 Å². The lowest BCUT2D eigenvalue weighted by molar-refractivity contribution is 0.151. The van der Waals surface area contributed by atoms with E-state index in [2.05, 4.69) is 13.8 Å². The number of benzene rings is 2. The van der Waals surface area contributed by atoms with Crippen LogP contribution in [0.15, 0.2) is 48.5 Å². The van der Waals surface area contributed by atoms with Crippen molar-refractivity contribution < 1.29 is 9.84 Å². The van der Waals surface area contributed by atoms with Crippen LogP contribution in [0, 0.1) is 0 Å². The minimum absolute atomic E-state index is 0.0196. The van der Waals surface area contributed by atoms with E-state index in [9.17, 15) is 5.11 Å². The van der Waals surface area contributed by atoms with Gasteiger partial charge in [-0.25, -0.2) is 0 Å². The highest BCUT2D eigenvalue weighted by molar-refractivity contribution is 5.42. The number of hydrogen-bond donors (Lipinski definition) is 1. The minimum atomic E-state index is 0.0196. The Kier molecular flexibility index (Phi) is 3.17.